The van der Waals surface area contributed by atoms with Gasteiger partial charge in [-0.3, -0.25) is 10.1 Å². The first kappa shape index (κ1) is 16.8. The molecule has 27 heavy (non-hydrogen) atoms. The van der Waals surface area contributed by atoms with Gasteiger partial charge in [-0.25, -0.2) is 9.50 Å². The second kappa shape index (κ2) is 7.27. The fourth-order valence-corrected chi connectivity index (χ4v) is 3.23. The number of benzene rings is 2. The third-order valence-corrected chi connectivity index (χ3v) is 4.55. The summed E-state index contributed by atoms with van der Waals surface area (Å²) in [5, 5.41) is 16.2. The van der Waals surface area contributed by atoms with E-state index in [2.05, 4.69) is 15.4 Å². The number of fused-ring (bicyclic) bond motifs is 1. The largest absolute Gasteiger partial charge is 0.484 e. The number of amides is 1. The summed E-state index contributed by atoms with van der Waals surface area (Å²) in [6, 6.07) is 18.4. The van der Waals surface area contributed by atoms with Crippen molar-refractivity contribution in [1.82, 2.24) is 14.6 Å². The number of ether oxygens (including phenoxy) is 1. The molecule has 7 nitrogen and oxygen atoms in total. The van der Waals surface area contributed by atoms with Gasteiger partial charge < -0.3 is 4.74 Å². The molecule has 0 fully saturated rings. The predicted molar refractivity (Wildman–Crippen MR) is 102 cm³/mol. The molecular weight excluding hydrogens is 362 g/mol. The Morgan fingerprint density at radius 2 is 1.96 bits per heavy atom. The third kappa shape index (κ3) is 3.78. The van der Waals surface area contributed by atoms with Crippen LogP contribution in [0.25, 0.3) is 16.2 Å². The van der Waals surface area contributed by atoms with E-state index in [0.717, 1.165) is 11.3 Å². The molecule has 4 rings (SSSR count). The Balaban J connectivity index is 1.38. The summed E-state index contributed by atoms with van der Waals surface area (Å²) in [6.45, 7) is -0.150. The van der Waals surface area contributed by atoms with Crippen LogP contribution in [-0.4, -0.2) is 27.1 Å². The van der Waals surface area contributed by atoms with Gasteiger partial charge in [-0.15, -0.1) is 5.10 Å². The highest BCUT2D eigenvalue weighted by molar-refractivity contribution is 7.20. The lowest BCUT2D eigenvalue weighted by atomic mass is 10.2. The summed E-state index contributed by atoms with van der Waals surface area (Å²) in [5.41, 5.74) is 2.38. The molecule has 1 amide bonds. The zero-order chi connectivity index (χ0) is 18.6. The van der Waals surface area contributed by atoms with Crippen LogP contribution < -0.4 is 10.1 Å². The average molecular weight is 375 g/mol. The molecule has 2 aromatic heterocycles. The van der Waals surface area contributed by atoms with Crippen LogP contribution in [0.15, 0.2) is 60.8 Å². The molecule has 0 spiro atoms. The van der Waals surface area contributed by atoms with E-state index in [9.17, 15) is 4.79 Å². The SMILES string of the molecule is N#Cc1ccc(OCC(=O)Nc2nn3cc(-c4ccccc4)nc3s2)cc1. The number of hydrogen-bond acceptors (Lipinski definition) is 6. The Hall–Kier alpha value is -3.70. The summed E-state index contributed by atoms with van der Waals surface area (Å²) in [7, 11) is 0. The summed E-state index contributed by atoms with van der Waals surface area (Å²) in [6.07, 6.45) is 1.82. The molecule has 0 atom stereocenters. The smallest absolute Gasteiger partial charge is 0.264 e. The van der Waals surface area contributed by atoms with Crippen molar-refractivity contribution < 1.29 is 9.53 Å². The fourth-order valence-electron chi connectivity index (χ4n) is 2.43. The van der Waals surface area contributed by atoms with Crippen molar-refractivity contribution in [2.24, 2.45) is 0 Å². The van der Waals surface area contributed by atoms with Crippen molar-refractivity contribution in [3.05, 3.63) is 66.4 Å². The minimum Gasteiger partial charge on any atom is -0.484 e. The van der Waals surface area contributed by atoms with E-state index in [-0.39, 0.29) is 12.5 Å². The van der Waals surface area contributed by atoms with Crippen molar-refractivity contribution in [3.63, 3.8) is 0 Å². The maximum atomic E-state index is 12.0. The van der Waals surface area contributed by atoms with Gasteiger partial charge in [-0.05, 0) is 24.3 Å². The van der Waals surface area contributed by atoms with E-state index >= 15 is 0 Å². The van der Waals surface area contributed by atoms with Crippen molar-refractivity contribution in [2.45, 2.75) is 0 Å². The molecule has 0 aliphatic rings. The Labute approximate surface area is 158 Å². The van der Waals surface area contributed by atoms with E-state index in [1.54, 1.807) is 28.8 Å². The van der Waals surface area contributed by atoms with Crippen LogP contribution in [0.2, 0.25) is 0 Å². The van der Waals surface area contributed by atoms with Crippen molar-refractivity contribution in [3.8, 4) is 23.1 Å². The average Bonchev–Trinajstić information content (AvgIpc) is 3.26. The second-order valence-electron chi connectivity index (χ2n) is 5.60. The fraction of sp³-hybridized carbons (Fsp3) is 0.0526. The van der Waals surface area contributed by atoms with Gasteiger partial charge in [0.1, 0.15) is 5.75 Å². The monoisotopic (exact) mass is 375 g/mol. The Bertz CT molecular complexity index is 1100. The number of carbonyl (C=O) groups excluding carboxylic acids is 1. The maximum Gasteiger partial charge on any atom is 0.264 e. The van der Waals surface area contributed by atoms with Gasteiger partial charge in [0.15, 0.2) is 6.61 Å². The molecule has 4 aromatic rings. The standard InChI is InChI=1S/C19H13N5O2S/c20-10-13-6-8-15(9-7-13)26-12-17(25)22-18-23-24-11-16(21-19(24)27-18)14-4-2-1-3-5-14/h1-9,11H,12H2,(H,22,23,25). The molecule has 0 radical (unpaired) electrons. The van der Waals surface area contributed by atoms with Crippen LogP contribution in [0.1, 0.15) is 5.56 Å². The quantitative estimate of drug-likeness (QED) is 0.577. The third-order valence-electron chi connectivity index (χ3n) is 3.71. The number of carbonyl (C=O) groups is 1. The number of nitrogens with zero attached hydrogens (tertiary/aromatic N) is 4. The van der Waals surface area contributed by atoms with E-state index in [0.29, 0.717) is 21.4 Å². The molecule has 132 valence electrons. The first-order valence-electron chi connectivity index (χ1n) is 8.06. The van der Waals surface area contributed by atoms with Crippen molar-refractivity contribution >= 4 is 27.3 Å². The second-order valence-corrected chi connectivity index (χ2v) is 6.56. The summed E-state index contributed by atoms with van der Waals surface area (Å²) in [5.74, 6) is 0.199. The van der Waals surface area contributed by atoms with Crippen molar-refractivity contribution in [2.75, 3.05) is 11.9 Å². The highest BCUT2D eigenvalue weighted by atomic mass is 32.1. The number of aromatic nitrogens is 3. The topological polar surface area (TPSA) is 92.3 Å². The van der Waals surface area contributed by atoms with Crippen LogP contribution >= 0.6 is 11.3 Å². The van der Waals surface area contributed by atoms with Gasteiger partial charge in [0.25, 0.3) is 5.91 Å². The summed E-state index contributed by atoms with van der Waals surface area (Å²) in [4.78, 5) is 17.3. The zero-order valence-corrected chi connectivity index (χ0v) is 14.8. The first-order chi connectivity index (χ1) is 13.2. The molecule has 2 aromatic carbocycles. The molecule has 0 unspecified atom stereocenters. The predicted octanol–water partition coefficient (Wildman–Crippen LogP) is 3.35. The lowest BCUT2D eigenvalue weighted by Crippen LogP contribution is -2.20. The van der Waals surface area contributed by atoms with Crippen LogP contribution in [0.5, 0.6) is 5.75 Å². The van der Waals surface area contributed by atoms with Crippen LogP contribution in [0, 0.1) is 11.3 Å². The van der Waals surface area contributed by atoms with Gasteiger partial charge in [0.05, 0.1) is 23.5 Å². The lowest BCUT2D eigenvalue weighted by molar-refractivity contribution is -0.118. The van der Waals surface area contributed by atoms with E-state index in [1.807, 2.05) is 42.6 Å². The number of nitrogens with one attached hydrogen (secondary N) is 1. The molecule has 0 aliphatic heterocycles. The zero-order valence-electron chi connectivity index (χ0n) is 14.0. The van der Waals surface area contributed by atoms with Crippen LogP contribution in [0.3, 0.4) is 0 Å². The van der Waals surface area contributed by atoms with Gasteiger partial charge in [-0.2, -0.15) is 5.26 Å². The number of imidazole rings is 1. The number of nitriles is 1. The molecular formula is C19H13N5O2S. The summed E-state index contributed by atoms with van der Waals surface area (Å²) >= 11 is 1.28. The van der Waals surface area contributed by atoms with E-state index < -0.39 is 0 Å². The highest BCUT2D eigenvalue weighted by Crippen LogP contribution is 2.24. The van der Waals surface area contributed by atoms with Gasteiger partial charge >= 0.3 is 0 Å². The molecule has 2 heterocycles. The minimum absolute atomic E-state index is 0.150. The molecule has 0 bridgehead atoms. The normalized spacial score (nSPS) is 10.5. The molecule has 1 N–H and O–H groups in total. The first-order valence-corrected chi connectivity index (χ1v) is 8.87. The number of rotatable bonds is 5. The lowest BCUT2D eigenvalue weighted by Gasteiger charge is -2.05. The summed E-state index contributed by atoms with van der Waals surface area (Å²) < 4.78 is 7.05. The van der Waals surface area contributed by atoms with Crippen molar-refractivity contribution in [1.29, 1.82) is 5.26 Å². The molecule has 0 saturated carbocycles. The maximum absolute atomic E-state index is 12.0. The Morgan fingerprint density at radius 3 is 2.67 bits per heavy atom. The Morgan fingerprint density at radius 1 is 1.19 bits per heavy atom. The molecule has 0 saturated heterocycles. The molecule has 8 heteroatoms. The number of anilines is 1. The Kier molecular flexibility index (Phi) is 4.51. The van der Waals surface area contributed by atoms with Gasteiger partial charge in [0.2, 0.25) is 10.1 Å². The van der Waals surface area contributed by atoms with Gasteiger partial charge in [0, 0.05) is 5.56 Å². The number of hydrogen-bond donors (Lipinski definition) is 1. The minimum atomic E-state index is -0.320. The molecule has 0 aliphatic carbocycles. The van der Waals surface area contributed by atoms with Gasteiger partial charge in [-0.1, -0.05) is 41.7 Å². The highest BCUT2D eigenvalue weighted by Gasteiger charge is 2.12. The van der Waals surface area contributed by atoms with E-state index in [4.69, 9.17) is 10.00 Å². The van der Waals surface area contributed by atoms with Crippen LogP contribution in [-0.2, 0) is 4.79 Å². The van der Waals surface area contributed by atoms with E-state index in [1.165, 1.54) is 11.3 Å². The van der Waals surface area contributed by atoms with Crippen LogP contribution in [0.4, 0.5) is 5.13 Å².